The first-order valence-electron chi connectivity index (χ1n) is 4.04. The summed E-state index contributed by atoms with van der Waals surface area (Å²) in [6, 6.07) is 3.78. The molecule has 2 rings (SSSR count). The standard InChI is InChI=1S/C10H9BrO2/c11-9-4-3-7(6-12)10-8(9)2-1-5-13-10/h1-4,12H,5-6H2. The van der Waals surface area contributed by atoms with Gasteiger partial charge in [-0.25, -0.2) is 0 Å². The first-order valence-corrected chi connectivity index (χ1v) is 4.84. The summed E-state index contributed by atoms with van der Waals surface area (Å²) in [4.78, 5) is 0. The molecular formula is C10H9BrO2. The van der Waals surface area contributed by atoms with E-state index in [1.54, 1.807) is 0 Å². The number of halogens is 1. The molecule has 3 heteroatoms. The van der Waals surface area contributed by atoms with Crippen molar-refractivity contribution < 1.29 is 9.84 Å². The Balaban J connectivity index is 2.61. The maximum absolute atomic E-state index is 9.07. The Labute approximate surface area is 85.0 Å². The third-order valence-electron chi connectivity index (χ3n) is 2.00. The Morgan fingerprint density at radius 2 is 2.31 bits per heavy atom. The monoisotopic (exact) mass is 240 g/mol. The number of rotatable bonds is 1. The molecule has 0 saturated heterocycles. The summed E-state index contributed by atoms with van der Waals surface area (Å²) in [6.07, 6.45) is 3.95. The van der Waals surface area contributed by atoms with Gasteiger partial charge in [0.15, 0.2) is 0 Å². The summed E-state index contributed by atoms with van der Waals surface area (Å²) in [5.74, 6) is 0.791. The molecule has 13 heavy (non-hydrogen) atoms. The second-order valence-corrected chi connectivity index (χ2v) is 3.68. The van der Waals surface area contributed by atoms with Crippen LogP contribution in [0.3, 0.4) is 0 Å². The number of fused-ring (bicyclic) bond motifs is 1. The van der Waals surface area contributed by atoms with Crippen LogP contribution in [0.2, 0.25) is 0 Å². The lowest BCUT2D eigenvalue weighted by molar-refractivity contribution is 0.269. The van der Waals surface area contributed by atoms with Crippen molar-refractivity contribution in [2.75, 3.05) is 6.61 Å². The Kier molecular flexibility index (Phi) is 2.38. The van der Waals surface area contributed by atoms with Crippen LogP contribution < -0.4 is 4.74 Å². The van der Waals surface area contributed by atoms with Gasteiger partial charge in [-0.1, -0.05) is 28.1 Å². The SMILES string of the molecule is OCc1ccc(Br)c2c1OCC=C2. The Hall–Kier alpha value is -0.800. The molecule has 0 aliphatic carbocycles. The molecule has 1 aliphatic rings. The van der Waals surface area contributed by atoms with E-state index in [1.165, 1.54) is 0 Å². The predicted octanol–water partition coefficient (Wildman–Crippen LogP) is 2.35. The van der Waals surface area contributed by atoms with E-state index in [2.05, 4.69) is 15.9 Å². The van der Waals surface area contributed by atoms with Crippen molar-refractivity contribution >= 4 is 22.0 Å². The summed E-state index contributed by atoms with van der Waals surface area (Å²) in [6.45, 7) is 0.597. The highest BCUT2D eigenvalue weighted by atomic mass is 79.9. The van der Waals surface area contributed by atoms with Gasteiger partial charge in [-0.2, -0.15) is 0 Å². The molecule has 1 aromatic rings. The zero-order valence-electron chi connectivity index (χ0n) is 6.96. The van der Waals surface area contributed by atoms with Gasteiger partial charge in [-0.3, -0.25) is 0 Å². The first-order chi connectivity index (χ1) is 6.33. The highest BCUT2D eigenvalue weighted by Crippen LogP contribution is 2.34. The van der Waals surface area contributed by atoms with E-state index in [0.717, 1.165) is 21.3 Å². The van der Waals surface area contributed by atoms with Crippen molar-refractivity contribution in [2.45, 2.75) is 6.61 Å². The molecule has 1 heterocycles. The number of ether oxygens (including phenoxy) is 1. The zero-order chi connectivity index (χ0) is 9.26. The molecular weight excluding hydrogens is 232 g/mol. The van der Waals surface area contributed by atoms with Crippen LogP contribution in [-0.4, -0.2) is 11.7 Å². The van der Waals surface area contributed by atoms with E-state index in [1.807, 2.05) is 24.3 Å². The van der Waals surface area contributed by atoms with Crippen LogP contribution in [-0.2, 0) is 6.61 Å². The number of aliphatic hydroxyl groups is 1. The first kappa shape index (κ1) is 8.78. The summed E-state index contributed by atoms with van der Waals surface area (Å²) in [7, 11) is 0. The van der Waals surface area contributed by atoms with Crippen molar-refractivity contribution in [2.24, 2.45) is 0 Å². The lowest BCUT2D eigenvalue weighted by Gasteiger charge is -2.16. The number of hydrogen-bond acceptors (Lipinski definition) is 2. The van der Waals surface area contributed by atoms with Crippen LogP contribution in [0.5, 0.6) is 5.75 Å². The van der Waals surface area contributed by atoms with Crippen LogP contribution in [0.4, 0.5) is 0 Å². The van der Waals surface area contributed by atoms with E-state index in [0.29, 0.717) is 6.61 Å². The normalized spacial score (nSPS) is 13.7. The van der Waals surface area contributed by atoms with E-state index in [4.69, 9.17) is 9.84 Å². The quantitative estimate of drug-likeness (QED) is 0.817. The molecule has 1 aromatic carbocycles. The maximum Gasteiger partial charge on any atom is 0.133 e. The van der Waals surface area contributed by atoms with Crippen molar-refractivity contribution in [3.63, 3.8) is 0 Å². The van der Waals surface area contributed by atoms with Gasteiger partial charge in [-0.05, 0) is 12.1 Å². The van der Waals surface area contributed by atoms with E-state index in [9.17, 15) is 0 Å². The second-order valence-electron chi connectivity index (χ2n) is 2.82. The van der Waals surface area contributed by atoms with Gasteiger partial charge >= 0.3 is 0 Å². The third-order valence-corrected chi connectivity index (χ3v) is 2.69. The number of benzene rings is 1. The Morgan fingerprint density at radius 3 is 3.08 bits per heavy atom. The van der Waals surface area contributed by atoms with Crippen LogP contribution in [0, 0.1) is 0 Å². The third kappa shape index (κ3) is 1.49. The molecule has 1 N–H and O–H groups in total. The largest absolute Gasteiger partial charge is 0.488 e. The average Bonchev–Trinajstić information content (AvgIpc) is 2.19. The van der Waals surface area contributed by atoms with Gasteiger partial charge in [0.1, 0.15) is 12.4 Å². The topological polar surface area (TPSA) is 29.5 Å². The predicted molar refractivity (Wildman–Crippen MR) is 54.6 cm³/mol. The summed E-state index contributed by atoms with van der Waals surface area (Å²) >= 11 is 3.43. The molecule has 0 aromatic heterocycles. The Morgan fingerprint density at radius 1 is 1.46 bits per heavy atom. The molecule has 2 nitrogen and oxygen atoms in total. The van der Waals surface area contributed by atoms with Crippen LogP contribution in [0.1, 0.15) is 11.1 Å². The molecule has 1 aliphatic heterocycles. The molecule has 0 unspecified atom stereocenters. The second kappa shape index (κ2) is 3.52. The fourth-order valence-electron chi connectivity index (χ4n) is 1.37. The zero-order valence-corrected chi connectivity index (χ0v) is 8.54. The maximum atomic E-state index is 9.07. The van der Waals surface area contributed by atoms with Gasteiger partial charge in [-0.15, -0.1) is 0 Å². The molecule has 0 amide bonds. The molecule has 68 valence electrons. The molecule has 0 spiro atoms. The highest BCUT2D eigenvalue weighted by Gasteiger charge is 2.12. The minimum absolute atomic E-state index is 0.0173. The van der Waals surface area contributed by atoms with Gasteiger partial charge < -0.3 is 9.84 Å². The van der Waals surface area contributed by atoms with Crippen molar-refractivity contribution in [1.29, 1.82) is 0 Å². The van der Waals surface area contributed by atoms with Gasteiger partial charge in [0.25, 0.3) is 0 Å². The highest BCUT2D eigenvalue weighted by molar-refractivity contribution is 9.10. The lowest BCUT2D eigenvalue weighted by atomic mass is 10.1. The number of hydrogen-bond donors (Lipinski definition) is 1. The van der Waals surface area contributed by atoms with Crippen LogP contribution in [0.15, 0.2) is 22.7 Å². The van der Waals surface area contributed by atoms with Gasteiger partial charge in [0.05, 0.1) is 6.61 Å². The summed E-state index contributed by atoms with van der Waals surface area (Å²) in [5, 5.41) is 9.07. The molecule has 0 fully saturated rings. The molecule has 0 atom stereocenters. The fraction of sp³-hybridized carbons (Fsp3) is 0.200. The van der Waals surface area contributed by atoms with Crippen LogP contribution >= 0.6 is 15.9 Å². The van der Waals surface area contributed by atoms with Crippen molar-refractivity contribution in [1.82, 2.24) is 0 Å². The lowest BCUT2D eigenvalue weighted by Crippen LogP contribution is -2.04. The smallest absolute Gasteiger partial charge is 0.133 e. The minimum atomic E-state index is 0.0173. The molecule has 0 radical (unpaired) electrons. The van der Waals surface area contributed by atoms with E-state index >= 15 is 0 Å². The van der Waals surface area contributed by atoms with Crippen molar-refractivity contribution in [3.05, 3.63) is 33.8 Å². The number of aliphatic hydroxyl groups excluding tert-OH is 1. The summed E-state index contributed by atoms with van der Waals surface area (Å²) < 4.78 is 6.45. The minimum Gasteiger partial charge on any atom is -0.488 e. The van der Waals surface area contributed by atoms with E-state index < -0.39 is 0 Å². The molecule has 0 bridgehead atoms. The van der Waals surface area contributed by atoms with E-state index in [-0.39, 0.29) is 6.61 Å². The fourth-order valence-corrected chi connectivity index (χ4v) is 1.81. The van der Waals surface area contributed by atoms with Gasteiger partial charge in [0.2, 0.25) is 0 Å². The average molecular weight is 241 g/mol. The summed E-state index contributed by atoms with van der Waals surface area (Å²) in [5.41, 5.74) is 1.85. The van der Waals surface area contributed by atoms with Crippen LogP contribution in [0.25, 0.3) is 6.08 Å². The molecule has 0 saturated carbocycles. The Bertz CT molecular complexity index is 358. The van der Waals surface area contributed by atoms with Crippen molar-refractivity contribution in [3.8, 4) is 5.75 Å². The van der Waals surface area contributed by atoms with Gasteiger partial charge in [0, 0.05) is 15.6 Å².